The zero-order valence-electron chi connectivity index (χ0n) is 13.3. The Morgan fingerprint density at radius 1 is 1.00 bits per heavy atom. The quantitative estimate of drug-likeness (QED) is 0.630. The van der Waals surface area contributed by atoms with E-state index < -0.39 is 10.5 Å². The molecule has 2 aromatic carbocycles. The van der Waals surface area contributed by atoms with Crippen LogP contribution in [0.2, 0.25) is 0 Å². The lowest BCUT2D eigenvalue weighted by molar-refractivity contribution is 0.306. The van der Waals surface area contributed by atoms with Crippen LogP contribution >= 0.6 is 0 Å². The van der Waals surface area contributed by atoms with Crippen molar-refractivity contribution in [2.24, 2.45) is 7.05 Å². The number of nitrogens with zero attached hydrogens (tertiary/aromatic N) is 2. The standard InChI is InChI=1S/C17H15FN2O4S/c1-20-17(10-11-19-20)14-4-2-13(3-5-14)12-23-15-6-8-16(9-7-15)24-25(18,21)22/h2-11H,12H2,1H3. The summed E-state index contributed by atoms with van der Waals surface area (Å²) in [6.07, 6.45) is 1.74. The third-order valence-corrected chi connectivity index (χ3v) is 3.89. The van der Waals surface area contributed by atoms with Gasteiger partial charge >= 0.3 is 10.5 Å². The summed E-state index contributed by atoms with van der Waals surface area (Å²) in [5, 5.41) is 4.14. The third-order valence-electron chi connectivity index (χ3n) is 3.50. The van der Waals surface area contributed by atoms with Gasteiger partial charge in [-0.2, -0.15) is 13.5 Å². The molecule has 0 aliphatic rings. The molecule has 0 aliphatic carbocycles. The molecular weight excluding hydrogens is 347 g/mol. The van der Waals surface area contributed by atoms with E-state index in [0.717, 1.165) is 16.8 Å². The molecule has 8 heteroatoms. The third kappa shape index (κ3) is 4.57. The Hall–Kier alpha value is -2.87. The van der Waals surface area contributed by atoms with E-state index in [0.29, 0.717) is 12.4 Å². The van der Waals surface area contributed by atoms with E-state index >= 15 is 0 Å². The minimum Gasteiger partial charge on any atom is -0.489 e. The average Bonchev–Trinajstić information content (AvgIpc) is 2.99. The lowest BCUT2D eigenvalue weighted by atomic mass is 10.1. The lowest BCUT2D eigenvalue weighted by Crippen LogP contribution is -2.01. The first-order valence-corrected chi connectivity index (χ1v) is 8.66. The highest BCUT2D eigenvalue weighted by Crippen LogP contribution is 2.22. The van der Waals surface area contributed by atoms with E-state index in [-0.39, 0.29) is 5.75 Å². The van der Waals surface area contributed by atoms with Gasteiger partial charge in [-0.05, 0) is 41.5 Å². The van der Waals surface area contributed by atoms with Gasteiger partial charge in [-0.15, -0.1) is 0 Å². The summed E-state index contributed by atoms with van der Waals surface area (Å²) in [5.74, 6) is 0.398. The van der Waals surface area contributed by atoms with Gasteiger partial charge in [0, 0.05) is 13.2 Å². The van der Waals surface area contributed by atoms with Gasteiger partial charge in [0.1, 0.15) is 18.1 Å². The van der Waals surface area contributed by atoms with Crippen molar-refractivity contribution in [1.82, 2.24) is 9.78 Å². The summed E-state index contributed by atoms with van der Waals surface area (Å²) in [6, 6.07) is 15.5. The number of aromatic nitrogens is 2. The van der Waals surface area contributed by atoms with Crippen LogP contribution in [0.3, 0.4) is 0 Å². The maximum absolute atomic E-state index is 12.4. The molecule has 6 nitrogen and oxygen atoms in total. The second kappa shape index (κ2) is 6.94. The van der Waals surface area contributed by atoms with Crippen LogP contribution in [0.4, 0.5) is 3.89 Å². The summed E-state index contributed by atoms with van der Waals surface area (Å²) >= 11 is 0. The van der Waals surface area contributed by atoms with E-state index in [2.05, 4.69) is 9.28 Å². The molecule has 0 spiro atoms. The highest BCUT2D eigenvalue weighted by Gasteiger charge is 2.09. The number of halogens is 1. The molecular formula is C17H15FN2O4S. The summed E-state index contributed by atoms with van der Waals surface area (Å²) in [5.41, 5.74) is 3.04. The number of rotatable bonds is 6. The van der Waals surface area contributed by atoms with Crippen LogP contribution in [0.25, 0.3) is 11.3 Å². The molecule has 0 amide bonds. The molecule has 0 atom stereocenters. The van der Waals surface area contributed by atoms with Crippen molar-refractivity contribution in [1.29, 1.82) is 0 Å². The zero-order valence-corrected chi connectivity index (χ0v) is 14.1. The van der Waals surface area contributed by atoms with Crippen LogP contribution in [0, 0.1) is 0 Å². The number of hydrogen-bond donors (Lipinski definition) is 0. The second-order valence-corrected chi connectivity index (χ2v) is 6.23. The minimum absolute atomic E-state index is 0.115. The molecule has 3 rings (SSSR count). The van der Waals surface area contributed by atoms with Crippen molar-refractivity contribution in [3.05, 3.63) is 66.4 Å². The molecule has 130 valence electrons. The van der Waals surface area contributed by atoms with Gasteiger partial charge in [-0.25, -0.2) is 0 Å². The normalized spacial score (nSPS) is 11.3. The Balaban J connectivity index is 1.61. The first-order chi connectivity index (χ1) is 11.9. The number of ether oxygens (including phenoxy) is 1. The molecule has 1 heterocycles. The van der Waals surface area contributed by atoms with Crippen LogP contribution in [0.1, 0.15) is 5.56 Å². The summed E-state index contributed by atoms with van der Waals surface area (Å²) in [4.78, 5) is 0. The van der Waals surface area contributed by atoms with Crippen LogP contribution in [0.5, 0.6) is 11.5 Å². The average molecular weight is 362 g/mol. The topological polar surface area (TPSA) is 70.4 Å². The molecule has 1 aromatic heterocycles. The Bertz CT molecular complexity index is 951. The number of aryl methyl sites for hydroxylation is 1. The predicted molar refractivity (Wildman–Crippen MR) is 90.1 cm³/mol. The first-order valence-electron chi connectivity index (χ1n) is 7.35. The maximum Gasteiger partial charge on any atom is 0.488 e. The summed E-state index contributed by atoms with van der Waals surface area (Å²) in [6.45, 7) is 0.341. The van der Waals surface area contributed by atoms with Crippen LogP contribution in [-0.2, 0) is 24.2 Å². The Labute approximate surface area is 144 Å². The van der Waals surface area contributed by atoms with Crippen LogP contribution in [-0.4, -0.2) is 18.2 Å². The highest BCUT2D eigenvalue weighted by molar-refractivity contribution is 7.81. The van der Waals surface area contributed by atoms with E-state index in [1.165, 1.54) is 24.3 Å². The lowest BCUT2D eigenvalue weighted by Gasteiger charge is -2.08. The van der Waals surface area contributed by atoms with Gasteiger partial charge in [0.15, 0.2) is 0 Å². The van der Waals surface area contributed by atoms with Gasteiger partial charge in [-0.3, -0.25) is 4.68 Å². The van der Waals surface area contributed by atoms with Gasteiger partial charge in [0.2, 0.25) is 0 Å². The van der Waals surface area contributed by atoms with Crippen LogP contribution < -0.4 is 8.92 Å². The van der Waals surface area contributed by atoms with E-state index in [1.807, 2.05) is 37.4 Å². The Kier molecular flexibility index (Phi) is 4.71. The number of hydrogen-bond acceptors (Lipinski definition) is 5. The minimum atomic E-state index is -5.02. The van der Waals surface area contributed by atoms with Gasteiger partial charge in [0.25, 0.3) is 0 Å². The van der Waals surface area contributed by atoms with Crippen molar-refractivity contribution in [3.63, 3.8) is 0 Å². The highest BCUT2D eigenvalue weighted by atomic mass is 32.3. The molecule has 0 N–H and O–H groups in total. The monoisotopic (exact) mass is 362 g/mol. The SMILES string of the molecule is Cn1nccc1-c1ccc(COc2ccc(OS(=O)(=O)F)cc2)cc1. The fraction of sp³-hybridized carbons (Fsp3) is 0.118. The van der Waals surface area contributed by atoms with Gasteiger partial charge in [-0.1, -0.05) is 28.2 Å². The smallest absolute Gasteiger partial charge is 0.488 e. The predicted octanol–water partition coefficient (Wildman–Crippen LogP) is 3.26. The van der Waals surface area contributed by atoms with Crippen molar-refractivity contribution >= 4 is 10.5 Å². The fourth-order valence-electron chi connectivity index (χ4n) is 2.30. The van der Waals surface area contributed by atoms with E-state index in [4.69, 9.17) is 4.74 Å². The van der Waals surface area contributed by atoms with E-state index in [9.17, 15) is 12.3 Å². The summed E-state index contributed by atoms with van der Waals surface area (Å²) in [7, 11) is -3.14. The molecule has 3 aromatic rings. The number of benzene rings is 2. The first kappa shape index (κ1) is 17.0. The molecule has 0 saturated carbocycles. The van der Waals surface area contributed by atoms with Crippen molar-refractivity contribution in [2.45, 2.75) is 6.61 Å². The van der Waals surface area contributed by atoms with Gasteiger partial charge < -0.3 is 8.92 Å². The van der Waals surface area contributed by atoms with Crippen molar-refractivity contribution in [2.75, 3.05) is 0 Å². The van der Waals surface area contributed by atoms with E-state index in [1.54, 1.807) is 10.9 Å². The Morgan fingerprint density at radius 2 is 1.64 bits per heavy atom. The maximum atomic E-state index is 12.4. The van der Waals surface area contributed by atoms with Crippen LogP contribution in [0.15, 0.2) is 60.8 Å². The fourth-order valence-corrected chi connectivity index (χ4v) is 2.64. The molecule has 0 fully saturated rings. The molecule has 25 heavy (non-hydrogen) atoms. The molecule has 0 radical (unpaired) electrons. The van der Waals surface area contributed by atoms with Crippen molar-refractivity contribution in [3.8, 4) is 22.8 Å². The molecule has 0 unspecified atom stereocenters. The molecule has 0 saturated heterocycles. The molecule has 0 aliphatic heterocycles. The Morgan fingerprint density at radius 3 is 2.20 bits per heavy atom. The molecule has 0 bridgehead atoms. The van der Waals surface area contributed by atoms with Gasteiger partial charge in [0.05, 0.1) is 5.69 Å². The summed E-state index contributed by atoms with van der Waals surface area (Å²) < 4.78 is 44.8. The largest absolute Gasteiger partial charge is 0.489 e. The van der Waals surface area contributed by atoms with Crippen molar-refractivity contribution < 1.29 is 21.2 Å². The zero-order chi connectivity index (χ0) is 17.9. The second-order valence-electron chi connectivity index (χ2n) is 5.27.